The van der Waals surface area contributed by atoms with Gasteiger partial charge in [0.05, 0.1) is 19.8 Å². The quantitative estimate of drug-likeness (QED) is 0.707. The predicted octanol–water partition coefficient (Wildman–Crippen LogP) is 1.91. The number of aromatic nitrogens is 1. The molecule has 2 aromatic rings. The summed E-state index contributed by atoms with van der Waals surface area (Å²) in [6.07, 6.45) is 3.61. The van der Waals surface area contributed by atoms with E-state index in [0.717, 1.165) is 57.9 Å². The van der Waals surface area contributed by atoms with Gasteiger partial charge >= 0.3 is 0 Å². The summed E-state index contributed by atoms with van der Waals surface area (Å²) in [6.45, 7) is 6.67. The molecule has 1 aromatic heterocycles. The number of nitrogens with one attached hydrogen (secondary N) is 1. The van der Waals surface area contributed by atoms with Gasteiger partial charge in [-0.05, 0) is 30.5 Å². The molecule has 0 spiro atoms. The second-order valence-electron chi connectivity index (χ2n) is 7.88. The predicted molar refractivity (Wildman–Crippen MR) is 111 cm³/mol. The van der Waals surface area contributed by atoms with Crippen LogP contribution in [-0.2, 0) is 17.8 Å². The van der Waals surface area contributed by atoms with Crippen molar-refractivity contribution in [2.75, 3.05) is 46.4 Å². The lowest BCUT2D eigenvalue weighted by Gasteiger charge is -2.34. The van der Waals surface area contributed by atoms with Gasteiger partial charge in [-0.15, -0.1) is 0 Å². The van der Waals surface area contributed by atoms with E-state index < -0.39 is 0 Å². The number of amides is 1. The number of piperazine rings is 1. The fraction of sp³-hybridized carbons (Fsp3) is 0.545. The first-order valence-corrected chi connectivity index (χ1v) is 10.6. The molecule has 1 amide bonds. The van der Waals surface area contributed by atoms with Crippen molar-refractivity contribution in [1.29, 1.82) is 0 Å². The van der Waals surface area contributed by atoms with Gasteiger partial charge in [0.1, 0.15) is 12.0 Å². The normalized spacial score (nSPS) is 20.4. The van der Waals surface area contributed by atoms with Crippen LogP contribution in [0.5, 0.6) is 5.75 Å². The number of rotatable bonds is 8. The molecule has 8 heteroatoms. The minimum atomic E-state index is -0.205. The first-order chi connectivity index (χ1) is 14.7. The first kappa shape index (κ1) is 20.8. The average Bonchev–Trinajstić information content (AvgIpc) is 3.46. The molecule has 0 unspecified atom stereocenters. The van der Waals surface area contributed by atoms with Crippen molar-refractivity contribution < 1.29 is 18.7 Å². The van der Waals surface area contributed by atoms with E-state index in [2.05, 4.69) is 32.2 Å². The second-order valence-corrected chi connectivity index (χ2v) is 7.88. The van der Waals surface area contributed by atoms with Crippen molar-refractivity contribution in [1.82, 2.24) is 20.1 Å². The average molecular weight is 415 g/mol. The maximum absolute atomic E-state index is 12.3. The summed E-state index contributed by atoms with van der Waals surface area (Å²) in [5, 5.41) is 2.88. The third-order valence-electron chi connectivity index (χ3n) is 5.66. The maximum atomic E-state index is 12.3. The van der Waals surface area contributed by atoms with Crippen LogP contribution in [-0.4, -0.2) is 73.2 Å². The van der Waals surface area contributed by atoms with Crippen molar-refractivity contribution in [3.05, 3.63) is 47.7 Å². The van der Waals surface area contributed by atoms with Gasteiger partial charge in [-0.25, -0.2) is 4.98 Å². The Balaban J connectivity index is 1.21. The highest BCUT2D eigenvalue weighted by Gasteiger charge is 2.21. The lowest BCUT2D eigenvalue weighted by Crippen LogP contribution is -2.45. The Labute approximate surface area is 177 Å². The summed E-state index contributed by atoms with van der Waals surface area (Å²) in [7, 11) is 1.69. The number of benzene rings is 1. The molecule has 1 aromatic carbocycles. The van der Waals surface area contributed by atoms with E-state index in [1.54, 1.807) is 7.11 Å². The van der Waals surface area contributed by atoms with Crippen LogP contribution in [0.25, 0.3) is 0 Å². The Kier molecular flexibility index (Phi) is 6.99. The van der Waals surface area contributed by atoms with E-state index in [4.69, 9.17) is 13.9 Å². The maximum Gasteiger partial charge on any atom is 0.273 e. The van der Waals surface area contributed by atoms with Gasteiger partial charge < -0.3 is 19.2 Å². The lowest BCUT2D eigenvalue weighted by atomic mass is 10.2. The zero-order chi connectivity index (χ0) is 20.8. The van der Waals surface area contributed by atoms with Crippen LogP contribution in [0.2, 0.25) is 0 Å². The minimum Gasteiger partial charge on any atom is -0.497 e. The fourth-order valence-electron chi connectivity index (χ4n) is 3.92. The highest BCUT2D eigenvalue weighted by Crippen LogP contribution is 2.16. The van der Waals surface area contributed by atoms with Crippen molar-refractivity contribution in [3.8, 4) is 5.75 Å². The molecule has 1 atom stereocenters. The molecule has 2 aliphatic rings. The molecule has 0 aliphatic carbocycles. The third-order valence-corrected chi connectivity index (χ3v) is 5.66. The summed E-state index contributed by atoms with van der Waals surface area (Å²) in [6, 6.07) is 8.22. The van der Waals surface area contributed by atoms with E-state index in [-0.39, 0.29) is 12.0 Å². The molecule has 4 rings (SSSR count). The molecule has 3 heterocycles. The topological polar surface area (TPSA) is 80.1 Å². The molecule has 30 heavy (non-hydrogen) atoms. The van der Waals surface area contributed by atoms with Crippen LogP contribution in [0.4, 0.5) is 0 Å². The zero-order valence-electron chi connectivity index (χ0n) is 17.5. The molecule has 1 N–H and O–H groups in total. The molecular weight excluding hydrogens is 384 g/mol. The highest BCUT2D eigenvalue weighted by atomic mass is 16.5. The lowest BCUT2D eigenvalue weighted by molar-refractivity contribution is 0.0853. The molecule has 162 valence electrons. The van der Waals surface area contributed by atoms with Crippen molar-refractivity contribution in [3.63, 3.8) is 0 Å². The molecule has 0 saturated carbocycles. The molecule has 8 nitrogen and oxygen atoms in total. The standard InChI is InChI=1S/C22H30N4O4/c1-28-18-5-2-4-17(12-18)14-25-7-9-26(10-8-25)15-21-24-20(16-30-21)22(27)23-13-19-6-3-11-29-19/h2,4-5,12,16,19H,3,6-11,13-15H2,1H3,(H,23,27)/t19-/m0/s1. The molecular formula is C22H30N4O4. The van der Waals surface area contributed by atoms with E-state index in [1.165, 1.54) is 11.8 Å². The van der Waals surface area contributed by atoms with E-state index in [0.29, 0.717) is 24.7 Å². The Morgan fingerprint density at radius 3 is 2.77 bits per heavy atom. The molecule has 0 radical (unpaired) electrons. The van der Waals surface area contributed by atoms with Crippen LogP contribution in [0.3, 0.4) is 0 Å². The van der Waals surface area contributed by atoms with Crippen LogP contribution in [0.1, 0.15) is 34.8 Å². The number of carbonyl (C=O) groups excluding carboxylic acids is 1. The molecule has 0 bridgehead atoms. The Hall–Kier alpha value is -2.42. The Morgan fingerprint density at radius 2 is 2.03 bits per heavy atom. The second kappa shape index (κ2) is 10.1. The van der Waals surface area contributed by atoms with E-state index in [9.17, 15) is 4.79 Å². The van der Waals surface area contributed by atoms with E-state index >= 15 is 0 Å². The fourth-order valence-corrected chi connectivity index (χ4v) is 3.92. The van der Waals surface area contributed by atoms with Gasteiger partial charge in [0.2, 0.25) is 5.89 Å². The first-order valence-electron chi connectivity index (χ1n) is 10.6. The number of nitrogens with zero attached hydrogens (tertiary/aromatic N) is 3. The van der Waals surface area contributed by atoms with Gasteiger partial charge in [0.15, 0.2) is 5.69 Å². The van der Waals surface area contributed by atoms with Crippen molar-refractivity contribution in [2.45, 2.75) is 32.0 Å². The number of carbonyl (C=O) groups is 1. The van der Waals surface area contributed by atoms with Gasteiger partial charge in [-0.3, -0.25) is 14.6 Å². The highest BCUT2D eigenvalue weighted by molar-refractivity contribution is 5.91. The van der Waals surface area contributed by atoms with E-state index in [1.807, 2.05) is 12.1 Å². The monoisotopic (exact) mass is 414 g/mol. The third kappa shape index (κ3) is 5.59. The summed E-state index contributed by atoms with van der Waals surface area (Å²) in [5.41, 5.74) is 1.59. The molecule has 2 saturated heterocycles. The summed E-state index contributed by atoms with van der Waals surface area (Å²) >= 11 is 0. The molecule has 2 fully saturated rings. The van der Waals surface area contributed by atoms with Crippen LogP contribution in [0.15, 0.2) is 34.9 Å². The summed E-state index contributed by atoms with van der Waals surface area (Å²) < 4.78 is 16.4. The van der Waals surface area contributed by atoms with Gasteiger partial charge in [-0.2, -0.15) is 0 Å². The summed E-state index contributed by atoms with van der Waals surface area (Å²) in [4.78, 5) is 21.4. The SMILES string of the molecule is COc1cccc(CN2CCN(Cc3nc(C(=O)NC[C@@H]4CCCO4)co3)CC2)c1. The number of oxazole rings is 1. The minimum absolute atomic E-state index is 0.119. The number of hydrogen-bond acceptors (Lipinski definition) is 7. The van der Waals surface area contributed by atoms with Crippen LogP contribution < -0.4 is 10.1 Å². The number of ether oxygens (including phenoxy) is 2. The summed E-state index contributed by atoms with van der Waals surface area (Å²) in [5.74, 6) is 1.27. The Bertz CT molecular complexity index is 826. The van der Waals surface area contributed by atoms with Crippen molar-refractivity contribution >= 4 is 5.91 Å². The Morgan fingerprint density at radius 1 is 1.23 bits per heavy atom. The largest absolute Gasteiger partial charge is 0.497 e. The number of methoxy groups -OCH3 is 1. The van der Waals surface area contributed by atoms with Gasteiger partial charge in [0.25, 0.3) is 5.91 Å². The van der Waals surface area contributed by atoms with Crippen LogP contribution in [0, 0.1) is 0 Å². The number of hydrogen-bond donors (Lipinski definition) is 1. The smallest absolute Gasteiger partial charge is 0.273 e. The van der Waals surface area contributed by atoms with Crippen LogP contribution >= 0.6 is 0 Å². The van der Waals surface area contributed by atoms with Crippen molar-refractivity contribution in [2.24, 2.45) is 0 Å². The molecule has 2 aliphatic heterocycles. The zero-order valence-corrected chi connectivity index (χ0v) is 17.5. The van der Waals surface area contributed by atoms with Gasteiger partial charge in [-0.1, -0.05) is 12.1 Å². The van der Waals surface area contributed by atoms with Gasteiger partial charge in [0, 0.05) is 45.9 Å².